The molecule has 1 aliphatic heterocycles. The lowest BCUT2D eigenvalue weighted by molar-refractivity contribution is -0.135. The highest BCUT2D eigenvalue weighted by molar-refractivity contribution is 7.92. The number of sulfonamides is 1. The van der Waals surface area contributed by atoms with E-state index >= 15 is 0 Å². The first-order valence-corrected chi connectivity index (χ1v) is 9.48. The van der Waals surface area contributed by atoms with Gasteiger partial charge in [-0.05, 0) is 25.1 Å². The number of ether oxygens (including phenoxy) is 2. The van der Waals surface area contributed by atoms with Gasteiger partial charge >= 0.3 is 0 Å². The molecule has 2 rings (SSSR count). The lowest BCUT2D eigenvalue weighted by Crippen LogP contribution is -2.47. The Labute approximate surface area is 142 Å². The molecule has 0 spiro atoms. The number of methoxy groups -OCH3 is 1. The zero-order chi connectivity index (χ0) is 17.7. The maximum absolute atomic E-state index is 12.4. The van der Waals surface area contributed by atoms with Crippen molar-refractivity contribution >= 4 is 27.3 Å². The second kappa shape index (κ2) is 7.71. The molecule has 1 aromatic carbocycles. The van der Waals surface area contributed by atoms with Crippen molar-refractivity contribution < 1.29 is 22.7 Å². The predicted octanol–water partition coefficient (Wildman–Crippen LogP) is 0.726. The second-order valence-corrected chi connectivity index (χ2v) is 7.34. The molecule has 9 heteroatoms. The van der Waals surface area contributed by atoms with Crippen LogP contribution < -0.4 is 14.8 Å². The van der Waals surface area contributed by atoms with Gasteiger partial charge in [0.25, 0.3) is 0 Å². The van der Waals surface area contributed by atoms with Crippen molar-refractivity contribution in [1.82, 2.24) is 4.90 Å². The molecule has 1 amide bonds. The highest BCUT2D eigenvalue weighted by atomic mass is 32.2. The van der Waals surface area contributed by atoms with E-state index in [1.165, 1.54) is 7.11 Å². The fraction of sp³-hybridized carbons (Fsp3) is 0.533. The van der Waals surface area contributed by atoms with Crippen LogP contribution in [0.4, 0.5) is 11.4 Å². The van der Waals surface area contributed by atoms with Gasteiger partial charge in [0.2, 0.25) is 15.9 Å². The monoisotopic (exact) mass is 357 g/mol. The van der Waals surface area contributed by atoms with Crippen molar-refractivity contribution in [1.29, 1.82) is 0 Å². The largest absolute Gasteiger partial charge is 0.495 e. The van der Waals surface area contributed by atoms with E-state index in [2.05, 4.69) is 10.0 Å². The number of morpholine rings is 1. The summed E-state index contributed by atoms with van der Waals surface area (Å²) in [6, 6.07) is 4.53. The Hall–Kier alpha value is -2.00. The van der Waals surface area contributed by atoms with Gasteiger partial charge in [-0.2, -0.15) is 0 Å². The number of nitrogens with one attached hydrogen (secondary N) is 2. The second-order valence-electron chi connectivity index (χ2n) is 5.59. The number of benzene rings is 1. The summed E-state index contributed by atoms with van der Waals surface area (Å²) in [6.45, 7) is 4.02. The van der Waals surface area contributed by atoms with E-state index in [1.807, 2.05) is 0 Å². The van der Waals surface area contributed by atoms with Crippen molar-refractivity contribution in [3.63, 3.8) is 0 Å². The molecule has 0 unspecified atom stereocenters. The van der Waals surface area contributed by atoms with E-state index in [4.69, 9.17) is 9.47 Å². The van der Waals surface area contributed by atoms with Gasteiger partial charge in [-0.25, -0.2) is 8.42 Å². The molecule has 0 bridgehead atoms. The SMILES string of the molecule is COc1ccc(N[C@@H](C)C(=O)N2CCOCC2)cc1NS(C)(=O)=O. The van der Waals surface area contributed by atoms with Crippen LogP contribution >= 0.6 is 0 Å². The molecule has 8 nitrogen and oxygen atoms in total. The van der Waals surface area contributed by atoms with Crippen molar-refractivity contribution in [2.45, 2.75) is 13.0 Å². The Morgan fingerprint density at radius 3 is 2.58 bits per heavy atom. The molecule has 1 heterocycles. The van der Waals surface area contributed by atoms with Crippen LogP contribution in [0.25, 0.3) is 0 Å². The molecule has 1 aliphatic rings. The van der Waals surface area contributed by atoms with Crippen molar-refractivity contribution in [3.05, 3.63) is 18.2 Å². The summed E-state index contributed by atoms with van der Waals surface area (Å²) >= 11 is 0. The van der Waals surface area contributed by atoms with Crippen molar-refractivity contribution in [2.24, 2.45) is 0 Å². The summed E-state index contributed by atoms with van der Waals surface area (Å²) in [5.41, 5.74) is 0.937. The van der Waals surface area contributed by atoms with Gasteiger partial charge in [-0.15, -0.1) is 0 Å². The van der Waals surface area contributed by atoms with E-state index in [0.29, 0.717) is 43.4 Å². The molecular weight excluding hydrogens is 334 g/mol. The standard InChI is InChI=1S/C15H23N3O5S/c1-11(15(19)18-6-8-23-9-7-18)16-12-4-5-14(22-2)13(10-12)17-24(3,20)21/h4-5,10-11,16-17H,6-9H2,1-3H3/t11-/m0/s1. The lowest BCUT2D eigenvalue weighted by atomic mass is 10.2. The third-order valence-corrected chi connectivity index (χ3v) is 4.16. The van der Waals surface area contributed by atoms with Gasteiger partial charge in [0.15, 0.2) is 0 Å². The number of anilines is 2. The Kier molecular flexibility index (Phi) is 5.89. The number of rotatable bonds is 6. The van der Waals surface area contributed by atoms with Gasteiger partial charge in [-0.3, -0.25) is 9.52 Å². The molecule has 1 atom stereocenters. The number of carbonyl (C=O) groups is 1. The van der Waals surface area contributed by atoms with Crippen LogP contribution in [-0.4, -0.2) is 64.9 Å². The van der Waals surface area contributed by atoms with E-state index in [-0.39, 0.29) is 5.91 Å². The van der Waals surface area contributed by atoms with Gasteiger partial charge < -0.3 is 19.7 Å². The highest BCUT2D eigenvalue weighted by Crippen LogP contribution is 2.29. The molecule has 0 aliphatic carbocycles. The Bertz CT molecular complexity index is 686. The minimum Gasteiger partial charge on any atom is -0.495 e. The van der Waals surface area contributed by atoms with Crippen LogP contribution in [0.1, 0.15) is 6.92 Å². The van der Waals surface area contributed by atoms with Gasteiger partial charge in [0, 0.05) is 18.8 Å². The van der Waals surface area contributed by atoms with E-state index in [1.54, 1.807) is 30.0 Å². The number of hydrogen-bond donors (Lipinski definition) is 2. The highest BCUT2D eigenvalue weighted by Gasteiger charge is 2.22. The molecule has 0 radical (unpaired) electrons. The zero-order valence-corrected chi connectivity index (χ0v) is 14.9. The predicted molar refractivity (Wildman–Crippen MR) is 91.9 cm³/mol. The Morgan fingerprint density at radius 2 is 2.00 bits per heavy atom. The first-order valence-electron chi connectivity index (χ1n) is 7.59. The van der Waals surface area contributed by atoms with E-state index < -0.39 is 16.1 Å². The fourth-order valence-electron chi connectivity index (χ4n) is 2.45. The molecule has 1 saturated heterocycles. The maximum atomic E-state index is 12.4. The first-order chi connectivity index (χ1) is 11.3. The number of amides is 1. The van der Waals surface area contributed by atoms with Gasteiger partial charge in [-0.1, -0.05) is 0 Å². The number of hydrogen-bond acceptors (Lipinski definition) is 6. The number of carbonyl (C=O) groups excluding carboxylic acids is 1. The first kappa shape index (κ1) is 18.3. The lowest BCUT2D eigenvalue weighted by Gasteiger charge is -2.29. The Balaban J connectivity index is 2.10. The van der Waals surface area contributed by atoms with E-state index in [0.717, 1.165) is 6.26 Å². The zero-order valence-electron chi connectivity index (χ0n) is 14.0. The average molecular weight is 357 g/mol. The smallest absolute Gasteiger partial charge is 0.244 e. The minimum absolute atomic E-state index is 0.0215. The summed E-state index contributed by atoms with van der Waals surface area (Å²) in [7, 11) is -1.98. The number of nitrogens with zero attached hydrogens (tertiary/aromatic N) is 1. The van der Waals surface area contributed by atoms with E-state index in [9.17, 15) is 13.2 Å². The summed E-state index contributed by atoms with van der Waals surface area (Å²) in [6.07, 6.45) is 1.07. The van der Waals surface area contributed by atoms with Crippen LogP contribution in [0.5, 0.6) is 5.75 Å². The third kappa shape index (κ3) is 5.00. The quantitative estimate of drug-likeness (QED) is 0.779. The fourth-order valence-corrected chi connectivity index (χ4v) is 3.01. The molecule has 134 valence electrons. The minimum atomic E-state index is -3.44. The summed E-state index contributed by atoms with van der Waals surface area (Å²) in [4.78, 5) is 14.2. The van der Waals surface area contributed by atoms with Gasteiger partial charge in [0.05, 0.1) is 32.3 Å². The Morgan fingerprint density at radius 1 is 1.33 bits per heavy atom. The molecule has 1 fully saturated rings. The topological polar surface area (TPSA) is 97.0 Å². The summed E-state index contributed by atoms with van der Waals surface area (Å²) in [5, 5.41) is 3.09. The molecule has 0 saturated carbocycles. The van der Waals surface area contributed by atoms with Crippen molar-refractivity contribution in [2.75, 3.05) is 49.7 Å². The third-order valence-electron chi connectivity index (χ3n) is 3.57. The van der Waals surface area contributed by atoms with Crippen LogP contribution in [0.2, 0.25) is 0 Å². The normalized spacial score (nSPS) is 16.4. The van der Waals surface area contributed by atoms with Crippen LogP contribution in [-0.2, 0) is 19.6 Å². The van der Waals surface area contributed by atoms with Gasteiger partial charge in [0.1, 0.15) is 11.8 Å². The van der Waals surface area contributed by atoms with Crippen LogP contribution in [0.3, 0.4) is 0 Å². The molecular formula is C15H23N3O5S. The summed E-state index contributed by atoms with van der Waals surface area (Å²) in [5.74, 6) is 0.380. The van der Waals surface area contributed by atoms with Crippen LogP contribution in [0.15, 0.2) is 18.2 Å². The van der Waals surface area contributed by atoms with Crippen molar-refractivity contribution in [3.8, 4) is 5.75 Å². The molecule has 0 aromatic heterocycles. The average Bonchev–Trinajstić information content (AvgIpc) is 2.53. The molecule has 1 aromatic rings. The van der Waals surface area contributed by atoms with Crippen LogP contribution in [0, 0.1) is 0 Å². The summed E-state index contributed by atoms with van der Waals surface area (Å²) < 4.78 is 35.7. The molecule has 24 heavy (non-hydrogen) atoms. The maximum Gasteiger partial charge on any atom is 0.244 e. The molecule has 2 N–H and O–H groups in total.